The number of aliphatic hydroxyl groups is 1. The first-order valence-corrected chi connectivity index (χ1v) is 6.04. The maximum Gasteiger partial charge on any atom is 0.101 e. The van der Waals surface area contributed by atoms with Crippen LogP contribution in [-0.2, 0) is 0 Å². The van der Waals surface area contributed by atoms with E-state index in [2.05, 4.69) is 5.32 Å². The van der Waals surface area contributed by atoms with Gasteiger partial charge in [-0.05, 0) is 38.5 Å². The Morgan fingerprint density at radius 2 is 2.11 bits per heavy atom. The number of β-amino-alcohol motifs (C(OH)–C–C–N with tert-alkyl or cyclic N) is 1. The number of halogens is 1. The van der Waals surface area contributed by atoms with Gasteiger partial charge < -0.3 is 16.2 Å². The molecule has 0 aliphatic heterocycles. The zero-order valence-electron chi connectivity index (χ0n) is 10.8. The molecule has 98 valence electrons. The second-order valence-corrected chi connectivity index (χ2v) is 5.63. The third-order valence-corrected chi connectivity index (χ3v) is 2.80. The van der Waals surface area contributed by atoms with E-state index in [1.165, 1.54) is 0 Å². The molecular formula is C13H18ClN3O. The monoisotopic (exact) mass is 267 g/mol. The predicted octanol–water partition coefficient (Wildman–Crippen LogP) is 2.22. The van der Waals surface area contributed by atoms with Gasteiger partial charge in [-0.25, -0.2) is 0 Å². The van der Waals surface area contributed by atoms with Crippen molar-refractivity contribution in [1.82, 2.24) is 5.32 Å². The minimum absolute atomic E-state index is 0.0867. The van der Waals surface area contributed by atoms with E-state index in [9.17, 15) is 5.11 Å². The second-order valence-electron chi connectivity index (χ2n) is 5.22. The minimum atomic E-state index is -0.727. The van der Waals surface area contributed by atoms with Crippen LogP contribution in [0.2, 0.25) is 5.02 Å². The molecular weight excluding hydrogens is 250 g/mol. The average molecular weight is 268 g/mol. The van der Waals surface area contributed by atoms with Crippen LogP contribution in [0.25, 0.3) is 0 Å². The fourth-order valence-electron chi connectivity index (χ4n) is 1.44. The summed E-state index contributed by atoms with van der Waals surface area (Å²) < 4.78 is 0. The normalized spacial score (nSPS) is 13.1. The smallest absolute Gasteiger partial charge is 0.101 e. The maximum absolute atomic E-state index is 10.0. The number of nitrogens with one attached hydrogen (secondary N) is 1. The molecule has 0 radical (unpaired) electrons. The summed E-state index contributed by atoms with van der Waals surface area (Å²) in [6, 6.07) is 5.12. The number of anilines is 1. The summed E-state index contributed by atoms with van der Waals surface area (Å²) in [6.45, 7) is 6.41. The van der Waals surface area contributed by atoms with E-state index >= 15 is 0 Å². The molecule has 4 nitrogen and oxygen atoms in total. The molecule has 5 heteroatoms. The summed E-state index contributed by atoms with van der Waals surface area (Å²) in [5, 5.41) is 22.4. The van der Waals surface area contributed by atoms with Gasteiger partial charge in [0.15, 0.2) is 0 Å². The van der Waals surface area contributed by atoms with E-state index in [0.717, 1.165) is 0 Å². The molecule has 0 aliphatic carbocycles. The molecule has 0 saturated carbocycles. The summed E-state index contributed by atoms with van der Waals surface area (Å²) in [5.41, 5.74) is 6.69. The van der Waals surface area contributed by atoms with Crippen LogP contribution in [-0.4, -0.2) is 17.2 Å². The fraction of sp³-hybridized carbons (Fsp3) is 0.462. The number of benzene rings is 1. The molecule has 1 aromatic carbocycles. The standard InChI is InChI=1S/C13H18ClN3O/c1-13(2,3)17-7-11(18)8-4-9(6-15)12(16)10(14)5-8/h4-5,11,17-18H,7,16H2,1-3H3. The number of nitriles is 1. The van der Waals surface area contributed by atoms with Crippen LogP contribution >= 0.6 is 11.6 Å². The van der Waals surface area contributed by atoms with Gasteiger partial charge in [0.25, 0.3) is 0 Å². The lowest BCUT2D eigenvalue weighted by molar-refractivity contribution is 0.163. The summed E-state index contributed by atoms with van der Waals surface area (Å²) in [4.78, 5) is 0. The fourth-order valence-corrected chi connectivity index (χ4v) is 1.67. The van der Waals surface area contributed by atoms with Crippen molar-refractivity contribution in [2.45, 2.75) is 32.4 Å². The largest absolute Gasteiger partial charge is 0.396 e. The van der Waals surface area contributed by atoms with Gasteiger partial charge >= 0.3 is 0 Å². The zero-order chi connectivity index (χ0) is 13.9. The maximum atomic E-state index is 10.0. The van der Waals surface area contributed by atoms with E-state index in [0.29, 0.717) is 17.1 Å². The molecule has 0 amide bonds. The highest BCUT2D eigenvalue weighted by molar-refractivity contribution is 6.33. The minimum Gasteiger partial charge on any atom is -0.396 e. The van der Waals surface area contributed by atoms with Crippen LogP contribution in [0, 0.1) is 11.3 Å². The molecule has 1 rings (SSSR count). The average Bonchev–Trinajstić information content (AvgIpc) is 2.28. The molecule has 1 atom stereocenters. The van der Waals surface area contributed by atoms with Crippen LogP contribution < -0.4 is 11.1 Å². The lowest BCUT2D eigenvalue weighted by atomic mass is 10.0. The number of nitrogens with zero attached hydrogens (tertiary/aromatic N) is 1. The van der Waals surface area contributed by atoms with Crippen molar-refractivity contribution >= 4 is 17.3 Å². The number of nitrogen functional groups attached to an aromatic ring is 1. The topological polar surface area (TPSA) is 82.1 Å². The molecule has 1 aromatic rings. The lowest BCUT2D eigenvalue weighted by Gasteiger charge is -2.23. The van der Waals surface area contributed by atoms with Gasteiger partial charge in [0.2, 0.25) is 0 Å². The molecule has 0 heterocycles. The van der Waals surface area contributed by atoms with Crippen molar-refractivity contribution in [3.05, 3.63) is 28.3 Å². The zero-order valence-corrected chi connectivity index (χ0v) is 11.5. The molecule has 4 N–H and O–H groups in total. The number of hydrogen-bond acceptors (Lipinski definition) is 4. The molecule has 0 bridgehead atoms. The quantitative estimate of drug-likeness (QED) is 0.734. The summed E-state index contributed by atoms with van der Waals surface area (Å²) in [7, 11) is 0. The Bertz CT molecular complexity index is 474. The SMILES string of the molecule is CC(C)(C)NCC(O)c1cc(Cl)c(N)c(C#N)c1. The van der Waals surface area contributed by atoms with Crippen LogP contribution in [0.3, 0.4) is 0 Å². The molecule has 0 aliphatic rings. The first-order valence-electron chi connectivity index (χ1n) is 5.66. The number of aliphatic hydroxyl groups excluding tert-OH is 1. The highest BCUT2D eigenvalue weighted by Crippen LogP contribution is 2.27. The molecule has 0 saturated heterocycles. The highest BCUT2D eigenvalue weighted by Gasteiger charge is 2.16. The molecule has 0 fully saturated rings. The van der Waals surface area contributed by atoms with Gasteiger partial charge in [-0.2, -0.15) is 5.26 Å². The first kappa shape index (κ1) is 14.8. The summed E-state index contributed by atoms with van der Waals surface area (Å²) in [6.07, 6.45) is -0.727. The number of hydrogen-bond donors (Lipinski definition) is 3. The number of rotatable bonds is 3. The van der Waals surface area contributed by atoms with E-state index in [1.54, 1.807) is 12.1 Å². The van der Waals surface area contributed by atoms with Crippen molar-refractivity contribution in [2.75, 3.05) is 12.3 Å². The van der Waals surface area contributed by atoms with Crippen LogP contribution in [0.4, 0.5) is 5.69 Å². The second kappa shape index (κ2) is 5.57. The third kappa shape index (κ3) is 3.88. The Hall–Kier alpha value is -1.28. The molecule has 0 aromatic heterocycles. The van der Waals surface area contributed by atoms with Gasteiger partial charge in [-0.3, -0.25) is 0 Å². The van der Waals surface area contributed by atoms with Gasteiger partial charge in [0.05, 0.1) is 22.4 Å². The number of nitrogens with two attached hydrogens (primary N) is 1. The van der Waals surface area contributed by atoms with Crippen molar-refractivity contribution in [3.63, 3.8) is 0 Å². The molecule has 0 spiro atoms. The Balaban J connectivity index is 2.91. The van der Waals surface area contributed by atoms with Gasteiger partial charge in [0, 0.05) is 12.1 Å². The Morgan fingerprint density at radius 1 is 1.50 bits per heavy atom. The van der Waals surface area contributed by atoms with Crippen molar-refractivity contribution in [2.24, 2.45) is 0 Å². The van der Waals surface area contributed by atoms with Gasteiger partial charge in [0.1, 0.15) is 6.07 Å². The third-order valence-electron chi connectivity index (χ3n) is 2.48. The van der Waals surface area contributed by atoms with Crippen molar-refractivity contribution in [3.8, 4) is 6.07 Å². The van der Waals surface area contributed by atoms with E-state index in [-0.39, 0.29) is 16.8 Å². The highest BCUT2D eigenvalue weighted by atomic mass is 35.5. The lowest BCUT2D eigenvalue weighted by Crippen LogP contribution is -2.38. The Labute approximate surface area is 112 Å². The van der Waals surface area contributed by atoms with E-state index in [1.807, 2.05) is 26.8 Å². The van der Waals surface area contributed by atoms with E-state index < -0.39 is 6.10 Å². The van der Waals surface area contributed by atoms with Gasteiger partial charge in [-0.15, -0.1) is 0 Å². The van der Waals surface area contributed by atoms with Crippen LogP contribution in [0.5, 0.6) is 0 Å². The predicted molar refractivity (Wildman–Crippen MR) is 73.3 cm³/mol. The van der Waals surface area contributed by atoms with Crippen molar-refractivity contribution in [1.29, 1.82) is 5.26 Å². The first-order chi connectivity index (χ1) is 8.24. The molecule has 1 unspecified atom stereocenters. The van der Waals surface area contributed by atoms with Crippen LogP contribution in [0.15, 0.2) is 12.1 Å². The Morgan fingerprint density at radius 3 is 2.61 bits per heavy atom. The van der Waals surface area contributed by atoms with Crippen molar-refractivity contribution < 1.29 is 5.11 Å². The van der Waals surface area contributed by atoms with E-state index in [4.69, 9.17) is 22.6 Å². The van der Waals surface area contributed by atoms with Gasteiger partial charge in [-0.1, -0.05) is 11.6 Å². The Kier molecular flexibility index (Phi) is 4.58. The molecule has 18 heavy (non-hydrogen) atoms. The van der Waals surface area contributed by atoms with Crippen LogP contribution in [0.1, 0.15) is 38.0 Å². The summed E-state index contributed by atoms with van der Waals surface area (Å²) >= 11 is 5.92. The summed E-state index contributed by atoms with van der Waals surface area (Å²) in [5.74, 6) is 0.